The lowest BCUT2D eigenvalue weighted by molar-refractivity contribution is -0.0671. The van der Waals surface area contributed by atoms with Gasteiger partial charge in [0.25, 0.3) is 0 Å². The molecule has 16 heavy (non-hydrogen) atoms. The fraction of sp³-hybridized carbons (Fsp3) is 1.00. The van der Waals surface area contributed by atoms with Gasteiger partial charge >= 0.3 is 0 Å². The third-order valence-corrected chi connectivity index (χ3v) is 2.59. The highest BCUT2D eigenvalue weighted by molar-refractivity contribution is 4.85. The molecule has 1 unspecified atom stereocenters. The largest absolute Gasteiger partial charge is 0.377 e. The first-order chi connectivity index (χ1) is 7.44. The van der Waals surface area contributed by atoms with Crippen LogP contribution in [0.1, 0.15) is 48.0 Å². The SMILES string of the molecule is CCCNC(COC(C)C)C(C)(C)OCC. The van der Waals surface area contributed by atoms with Crippen LogP contribution in [0.3, 0.4) is 0 Å². The molecule has 0 bridgehead atoms. The van der Waals surface area contributed by atoms with E-state index in [2.05, 4.69) is 39.9 Å². The smallest absolute Gasteiger partial charge is 0.0801 e. The summed E-state index contributed by atoms with van der Waals surface area (Å²) >= 11 is 0. The van der Waals surface area contributed by atoms with Crippen molar-refractivity contribution in [1.29, 1.82) is 0 Å². The Labute approximate surface area is 101 Å². The number of hydrogen-bond acceptors (Lipinski definition) is 3. The van der Waals surface area contributed by atoms with E-state index in [0.717, 1.165) is 19.6 Å². The van der Waals surface area contributed by atoms with E-state index in [4.69, 9.17) is 9.47 Å². The van der Waals surface area contributed by atoms with E-state index < -0.39 is 0 Å². The van der Waals surface area contributed by atoms with Crippen LogP contribution in [0.5, 0.6) is 0 Å². The first-order valence-corrected chi connectivity index (χ1v) is 6.43. The maximum atomic E-state index is 5.78. The fourth-order valence-corrected chi connectivity index (χ4v) is 1.59. The number of hydrogen-bond donors (Lipinski definition) is 1. The third-order valence-electron chi connectivity index (χ3n) is 2.59. The zero-order chi connectivity index (χ0) is 12.6. The predicted octanol–water partition coefficient (Wildman–Crippen LogP) is 2.59. The molecule has 0 aliphatic heterocycles. The molecular weight excluding hydrogens is 202 g/mol. The highest BCUT2D eigenvalue weighted by Crippen LogP contribution is 2.16. The van der Waals surface area contributed by atoms with Crippen LogP contribution in [0.4, 0.5) is 0 Å². The molecule has 0 heterocycles. The minimum absolute atomic E-state index is 0.182. The Hall–Kier alpha value is -0.120. The minimum atomic E-state index is -0.182. The molecule has 0 aliphatic rings. The second kappa shape index (κ2) is 8.04. The van der Waals surface area contributed by atoms with Gasteiger partial charge in [-0.25, -0.2) is 0 Å². The van der Waals surface area contributed by atoms with Crippen molar-refractivity contribution in [3.8, 4) is 0 Å². The Morgan fingerprint density at radius 1 is 1.19 bits per heavy atom. The monoisotopic (exact) mass is 231 g/mol. The summed E-state index contributed by atoms with van der Waals surface area (Å²) in [6.07, 6.45) is 1.39. The van der Waals surface area contributed by atoms with Gasteiger partial charge in [0.15, 0.2) is 0 Å². The van der Waals surface area contributed by atoms with Gasteiger partial charge in [-0.2, -0.15) is 0 Å². The molecule has 0 saturated carbocycles. The summed E-state index contributed by atoms with van der Waals surface area (Å²) in [7, 11) is 0. The van der Waals surface area contributed by atoms with Crippen molar-refractivity contribution in [3.05, 3.63) is 0 Å². The van der Waals surface area contributed by atoms with Gasteiger partial charge in [0.2, 0.25) is 0 Å². The number of ether oxygens (including phenoxy) is 2. The van der Waals surface area contributed by atoms with Crippen LogP contribution in [-0.4, -0.2) is 37.5 Å². The first kappa shape index (κ1) is 15.9. The standard InChI is InChI=1S/C13H29NO2/c1-7-9-14-12(10-15-11(3)4)13(5,6)16-8-2/h11-12,14H,7-10H2,1-6H3. The van der Waals surface area contributed by atoms with Crippen molar-refractivity contribution in [3.63, 3.8) is 0 Å². The van der Waals surface area contributed by atoms with E-state index in [1.807, 2.05) is 6.92 Å². The van der Waals surface area contributed by atoms with Crippen LogP contribution in [0.25, 0.3) is 0 Å². The average molecular weight is 231 g/mol. The maximum absolute atomic E-state index is 5.78. The summed E-state index contributed by atoms with van der Waals surface area (Å²) in [5.74, 6) is 0. The molecule has 0 saturated heterocycles. The van der Waals surface area contributed by atoms with Crippen LogP contribution >= 0.6 is 0 Å². The quantitative estimate of drug-likeness (QED) is 0.661. The summed E-state index contributed by atoms with van der Waals surface area (Å²) in [5, 5.41) is 3.50. The van der Waals surface area contributed by atoms with E-state index in [9.17, 15) is 0 Å². The molecule has 0 rings (SSSR count). The van der Waals surface area contributed by atoms with Gasteiger partial charge in [-0.3, -0.25) is 0 Å². The fourth-order valence-electron chi connectivity index (χ4n) is 1.59. The van der Waals surface area contributed by atoms with Crippen LogP contribution in [0, 0.1) is 0 Å². The molecule has 0 fully saturated rings. The summed E-state index contributed by atoms with van der Waals surface area (Å²) in [6.45, 7) is 15.0. The number of rotatable bonds is 9. The molecule has 3 nitrogen and oxygen atoms in total. The van der Waals surface area contributed by atoms with Crippen LogP contribution in [0.2, 0.25) is 0 Å². The highest BCUT2D eigenvalue weighted by atomic mass is 16.5. The van der Waals surface area contributed by atoms with Crippen molar-refractivity contribution >= 4 is 0 Å². The van der Waals surface area contributed by atoms with E-state index in [-0.39, 0.29) is 17.7 Å². The average Bonchev–Trinajstić information content (AvgIpc) is 2.16. The third kappa shape index (κ3) is 6.46. The Morgan fingerprint density at radius 2 is 1.81 bits per heavy atom. The van der Waals surface area contributed by atoms with E-state index in [1.54, 1.807) is 0 Å². The van der Waals surface area contributed by atoms with Gasteiger partial charge in [-0.15, -0.1) is 0 Å². The van der Waals surface area contributed by atoms with Crippen molar-refractivity contribution in [1.82, 2.24) is 5.32 Å². The highest BCUT2D eigenvalue weighted by Gasteiger charge is 2.29. The first-order valence-electron chi connectivity index (χ1n) is 6.43. The molecular formula is C13H29NO2. The Bertz CT molecular complexity index is 169. The van der Waals surface area contributed by atoms with Crippen LogP contribution < -0.4 is 5.32 Å². The molecule has 0 amide bonds. The molecule has 1 N–H and O–H groups in total. The van der Waals surface area contributed by atoms with Crippen molar-refractivity contribution in [2.45, 2.75) is 65.7 Å². The molecule has 0 aromatic heterocycles. The zero-order valence-corrected chi connectivity index (χ0v) is 11.8. The Morgan fingerprint density at radius 3 is 2.25 bits per heavy atom. The molecule has 98 valence electrons. The minimum Gasteiger partial charge on any atom is -0.377 e. The normalized spacial score (nSPS) is 14.4. The lowest BCUT2D eigenvalue weighted by atomic mass is 9.99. The Balaban J connectivity index is 4.27. The molecule has 0 aromatic rings. The molecule has 0 aliphatic carbocycles. The van der Waals surface area contributed by atoms with Gasteiger partial charge in [0.1, 0.15) is 0 Å². The van der Waals surface area contributed by atoms with Crippen LogP contribution in [-0.2, 0) is 9.47 Å². The number of nitrogens with one attached hydrogen (secondary N) is 1. The molecule has 3 heteroatoms. The topological polar surface area (TPSA) is 30.5 Å². The summed E-state index contributed by atoms with van der Waals surface area (Å²) in [6, 6.07) is 0.245. The Kier molecular flexibility index (Phi) is 7.98. The van der Waals surface area contributed by atoms with E-state index in [0.29, 0.717) is 6.61 Å². The van der Waals surface area contributed by atoms with Gasteiger partial charge in [-0.1, -0.05) is 6.92 Å². The molecule has 1 atom stereocenters. The van der Waals surface area contributed by atoms with Gasteiger partial charge < -0.3 is 14.8 Å². The predicted molar refractivity (Wildman–Crippen MR) is 68.9 cm³/mol. The lowest BCUT2D eigenvalue weighted by Crippen LogP contribution is -2.52. The van der Waals surface area contributed by atoms with Crippen molar-refractivity contribution in [2.24, 2.45) is 0 Å². The van der Waals surface area contributed by atoms with Gasteiger partial charge in [0.05, 0.1) is 24.4 Å². The zero-order valence-electron chi connectivity index (χ0n) is 11.8. The van der Waals surface area contributed by atoms with Crippen LogP contribution in [0.15, 0.2) is 0 Å². The van der Waals surface area contributed by atoms with Gasteiger partial charge in [-0.05, 0) is 47.6 Å². The van der Waals surface area contributed by atoms with E-state index in [1.165, 1.54) is 0 Å². The van der Waals surface area contributed by atoms with Crippen molar-refractivity contribution < 1.29 is 9.47 Å². The molecule has 0 spiro atoms. The molecule has 0 aromatic carbocycles. The summed E-state index contributed by atoms with van der Waals surface area (Å²) in [4.78, 5) is 0. The second-order valence-corrected chi connectivity index (χ2v) is 4.93. The lowest BCUT2D eigenvalue weighted by Gasteiger charge is -2.35. The second-order valence-electron chi connectivity index (χ2n) is 4.93. The summed E-state index contributed by atoms with van der Waals surface area (Å²) < 4.78 is 11.5. The maximum Gasteiger partial charge on any atom is 0.0801 e. The van der Waals surface area contributed by atoms with Gasteiger partial charge in [0, 0.05) is 6.61 Å². The van der Waals surface area contributed by atoms with Crippen molar-refractivity contribution in [2.75, 3.05) is 19.8 Å². The van der Waals surface area contributed by atoms with E-state index >= 15 is 0 Å². The summed E-state index contributed by atoms with van der Waals surface area (Å²) in [5.41, 5.74) is -0.182. The molecule has 0 radical (unpaired) electrons.